The highest BCUT2D eigenvalue weighted by atomic mass is 35.5. The van der Waals surface area contributed by atoms with Crippen LogP contribution in [-0.4, -0.2) is 39.1 Å². The molecular weight excluding hydrogens is 366 g/mol. The second-order valence-corrected chi connectivity index (χ2v) is 6.38. The van der Waals surface area contributed by atoms with Crippen molar-refractivity contribution in [2.24, 2.45) is 0 Å². The van der Waals surface area contributed by atoms with Gasteiger partial charge in [-0.3, -0.25) is 0 Å². The number of carbonyl (C=O) groups excluding carboxylic acids is 1. The molecule has 3 rings (SSSR count). The number of urea groups is 1. The first-order valence-corrected chi connectivity index (χ1v) is 8.80. The van der Waals surface area contributed by atoms with Gasteiger partial charge >= 0.3 is 6.03 Å². The Bertz CT molecular complexity index is 924. The maximum absolute atomic E-state index is 11.9. The Labute approximate surface area is 161 Å². The van der Waals surface area contributed by atoms with Crippen molar-refractivity contribution >= 4 is 29.1 Å². The SMILES string of the molecule is Cc1ccc(NC(=O)NCCNc2ccc(-n3ccc(C)n3)nn2)c(Cl)c1. The van der Waals surface area contributed by atoms with Gasteiger partial charge in [-0.2, -0.15) is 5.10 Å². The second kappa shape index (κ2) is 8.50. The number of rotatable bonds is 6. The van der Waals surface area contributed by atoms with Crippen LogP contribution in [0.2, 0.25) is 5.02 Å². The summed E-state index contributed by atoms with van der Waals surface area (Å²) in [5, 5.41) is 21.6. The number of aryl methyl sites for hydroxylation is 2. The van der Waals surface area contributed by atoms with Gasteiger partial charge in [0, 0.05) is 19.3 Å². The van der Waals surface area contributed by atoms with E-state index in [0.29, 0.717) is 35.4 Å². The maximum Gasteiger partial charge on any atom is 0.319 e. The first-order valence-electron chi connectivity index (χ1n) is 8.42. The number of hydrogen-bond donors (Lipinski definition) is 3. The van der Waals surface area contributed by atoms with Crippen molar-refractivity contribution in [3.63, 3.8) is 0 Å². The smallest absolute Gasteiger partial charge is 0.319 e. The first kappa shape index (κ1) is 18.7. The molecule has 0 saturated heterocycles. The van der Waals surface area contributed by atoms with Crippen LogP contribution in [0.1, 0.15) is 11.3 Å². The molecule has 27 heavy (non-hydrogen) atoms. The predicted octanol–water partition coefficient (Wildman–Crippen LogP) is 3.17. The average Bonchev–Trinajstić information content (AvgIpc) is 3.08. The van der Waals surface area contributed by atoms with Crippen LogP contribution in [-0.2, 0) is 0 Å². The molecule has 2 amide bonds. The van der Waals surface area contributed by atoms with Gasteiger partial charge in [0.1, 0.15) is 5.82 Å². The molecule has 0 aliphatic heterocycles. The molecule has 0 unspecified atom stereocenters. The standard InChI is InChI=1S/C18H20ClN7O/c1-12-3-4-15(14(19)11-12)22-18(27)21-9-8-20-16-5-6-17(24-23-16)26-10-7-13(2)25-26/h3-7,10-11H,8-9H2,1-2H3,(H,20,23)(H2,21,22,27). The molecule has 2 aromatic heterocycles. The lowest BCUT2D eigenvalue weighted by Crippen LogP contribution is -2.32. The van der Waals surface area contributed by atoms with Crippen molar-refractivity contribution in [3.8, 4) is 5.82 Å². The summed E-state index contributed by atoms with van der Waals surface area (Å²) in [5.41, 5.74) is 2.52. The van der Waals surface area contributed by atoms with E-state index in [2.05, 4.69) is 31.2 Å². The number of hydrogen-bond acceptors (Lipinski definition) is 5. The van der Waals surface area contributed by atoms with E-state index in [1.807, 2.05) is 44.3 Å². The largest absolute Gasteiger partial charge is 0.367 e. The van der Waals surface area contributed by atoms with Crippen molar-refractivity contribution in [2.75, 3.05) is 23.7 Å². The van der Waals surface area contributed by atoms with E-state index >= 15 is 0 Å². The molecule has 0 aliphatic rings. The minimum Gasteiger partial charge on any atom is -0.367 e. The molecule has 9 heteroatoms. The molecule has 2 heterocycles. The first-order chi connectivity index (χ1) is 13.0. The third-order valence-corrected chi connectivity index (χ3v) is 4.01. The van der Waals surface area contributed by atoms with Gasteiger partial charge in [0.05, 0.1) is 16.4 Å². The van der Waals surface area contributed by atoms with Gasteiger partial charge in [0.2, 0.25) is 0 Å². The molecule has 0 spiro atoms. The molecule has 0 saturated carbocycles. The number of nitrogens with one attached hydrogen (secondary N) is 3. The number of carbonyl (C=O) groups is 1. The van der Waals surface area contributed by atoms with E-state index in [4.69, 9.17) is 11.6 Å². The highest BCUT2D eigenvalue weighted by Gasteiger charge is 2.05. The fraction of sp³-hybridized carbons (Fsp3) is 0.222. The van der Waals surface area contributed by atoms with E-state index in [9.17, 15) is 4.79 Å². The van der Waals surface area contributed by atoms with Crippen LogP contribution < -0.4 is 16.0 Å². The van der Waals surface area contributed by atoms with Gasteiger partial charge in [-0.1, -0.05) is 17.7 Å². The number of amides is 2. The van der Waals surface area contributed by atoms with Crippen molar-refractivity contribution in [1.82, 2.24) is 25.3 Å². The number of aromatic nitrogens is 4. The third kappa shape index (κ3) is 5.18. The van der Waals surface area contributed by atoms with E-state index in [1.165, 1.54) is 0 Å². The lowest BCUT2D eigenvalue weighted by Gasteiger charge is -2.10. The minimum absolute atomic E-state index is 0.321. The van der Waals surface area contributed by atoms with Crippen LogP contribution in [0.4, 0.5) is 16.3 Å². The zero-order valence-corrected chi connectivity index (χ0v) is 15.8. The highest BCUT2D eigenvalue weighted by Crippen LogP contribution is 2.22. The Morgan fingerprint density at radius 1 is 1.11 bits per heavy atom. The van der Waals surface area contributed by atoms with Crippen molar-refractivity contribution in [1.29, 1.82) is 0 Å². The lowest BCUT2D eigenvalue weighted by atomic mass is 10.2. The normalized spacial score (nSPS) is 10.5. The fourth-order valence-corrected chi connectivity index (χ4v) is 2.62. The zero-order valence-electron chi connectivity index (χ0n) is 15.0. The van der Waals surface area contributed by atoms with Crippen molar-refractivity contribution < 1.29 is 4.79 Å². The predicted molar refractivity (Wildman–Crippen MR) is 106 cm³/mol. The molecule has 8 nitrogen and oxygen atoms in total. The molecule has 3 aromatic rings. The summed E-state index contributed by atoms with van der Waals surface area (Å²) in [6.45, 7) is 4.77. The molecule has 140 valence electrons. The summed E-state index contributed by atoms with van der Waals surface area (Å²) >= 11 is 6.10. The summed E-state index contributed by atoms with van der Waals surface area (Å²) < 4.78 is 1.66. The van der Waals surface area contributed by atoms with Crippen LogP contribution in [0.5, 0.6) is 0 Å². The van der Waals surface area contributed by atoms with Gasteiger partial charge in [-0.05, 0) is 49.7 Å². The van der Waals surface area contributed by atoms with Crippen LogP contribution in [0.3, 0.4) is 0 Å². The third-order valence-electron chi connectivity index (χ3n) is 3.70. The minimum atomic E-state index is -0.321. The molecule has 1 aromatic carbocycles. The van der Waals surface area contributed by atoms with Gasteiger partial charge in [0.25, 0.3) is 0 Å². The van der Waals surface area contributed by atoms with E-state index in [-0.39, 0.29) is 6.03 Å². The average molecular weight is 386 g/mol. The second-order valence-electron chi connectivity index (χ2n) is 5.97. The monoisotopic (exact) mass is 385 g/mol. The molecule has 3 N–H and O–H groups in total. The summed E-state index contributed by atoms with van der Waals surface area (Å²) in [6, 6.07) is 10.7. The fourth-order valence-electron chi connectivity index (χ4n) is 2.34. The maximum atomic E-state index is 11.9. The number of halogens is 1. The Morgan fingerprint density at radius 2 is 1.96 bits per heavy atom. The molecule has 0 radical (unpaired) electrons. The summed E-state index contributed by atoms with van der Waals surface area (Å²) in [6.07, 6.45) is 1.83. The van der Waals surface area contributed by atoms with Crippen LogP contribution in [0.15, 0.2) is 42.6 Å². The summed E-state index contributed by atoms with van der Waals surface area (Å²) in [4.78, 5) is 11.9. The van der Waals surface area contributed by atoms with E-state index in [1.54, 1.807) is 16.8 Å². The molecule has 0 bridgehead atoms. The van der Waals surface area contributed by atoms with Crippen LogP contribution in [0, 0.1) is 13.8 Å². The van der Waals surface area contributed by atoms with Gasteiger partial charge in [-0.25, -0.2) is 9.48 Å². The van der Waals surface area contributed by atoms with E-state index < -0.39 is 0 Å². The van der Waals surface area contributed by atoms with Crippen molar-refractivity contribution in [3.05, 3.63) is 58.9 Å². The zero-order chi connectivity index (χ0) is 19.2. The van der Waals surface area contributed by atoms with Gasteiger partial charge in [-0.15, -0.1) is 10.2 Å². The quantitative estimate of drug-likeness (QED) is 0.566. The summed E-state index contributed by atoms with van der Waals surface area (Å²) in [7, 11) is 0. The Balaban J connectivity index is 1.42. The van der Waals surface area contributed by atoms with E-state index in [0.717, 1.165) is 11.3 Å². The van der Waals surface area contributed by atoms with Crippen LogP contribution in [0.25, 0.3) is 5.82 Å². The van der Waals surface area contributed by atoms with Gasteiger partial charge < -0.3 is 16.0 Å². The topological polar surface area (TPSA) is 96.8 Å². The number of benzene rings is 1. The number of nitrogens with zero attached hydrogens (tertiary/aromatic N) is 4. The molecular formula is C18H20ClN7O. The van der Waals surface area contributed by atoms with Crippen LogP contribution >= 0.6 is 11.6 Å². The molecule has 0 atom stereocenters. The number of anilines is 2. The molecule has 0 aliphatic carbocycles. The lowest BCUT2D eigenvalue weighted by molar-refractivity contribution is 0.252. The van der Waals surface area contributed by atoms with Crippen molar-refractivity contribution in [2.45, 2.75) is 13.8 Å². The highest BCUT2D eigenvalue weighted by molar-refractivity contribution is 6.33. The Hall–Kier alpha value is -3.13. The Kier molecular flexibility index (Phi) is 5.87. The molecule has 0 fully saturated rings. The van der Waals surface area contributed by atoms with Gasteiger partial charge in [0.15, 0.2) is 5.82 Å². The Morgan fingerprint density at radius 3 is 2.63 bits per heavy atom. The summed E-state index contributed by atoms with van der Waals surface area (Å²) in [5.74, 6) is 1.26.